The van der Waals surface area contributed by atoms with Gasteiger partial charge < -0.3 is 9.47 Å². The molecule has 0 radical (unpaired) electrons. The van der Waals surface area contributed by atoms with E-state index in [2.05, 4.69) is 14.7 Å². The van der Waals surface area contributed by atoms with Crippen molar-refractivity contribution < 1.29 is 23.0 Å². The zero-order chi connectivity index (χ0) is 13.8. The van der Waals surface area contributed by atoms with Crippen LogP contribution in [0.15, 0.2) is 12.4 Å². The predicted molar refractivity (Wildman–Crippen MR) is 58.3 cm³/mol. The molecule has 18 heavy (non-hydrogen) atoms. The van der Waals surface area contributed by atoms with Crippen molar-refractivity contribution in [3.05, 3.63) is 18.2 Å². The maximum Gasteiger partial charge on any atom is 0.387 e. The molecule has 0 N–H and O–H groups in total. The molecule has 0 unspecified atom stereocenters. The van der Waals surface area contributed by atoms with E-state index in [0.29, 0.717) is 0 Å². The van der Waals surface area contributed by atoms with Crippen molar-refractivity contribution in [2.24, 2.45) is 0 Å². The van der Waals surface area contributed by atoms with E-state index < -0.39 is 18.0 Å². The van der Waals surface area contributed by atoms with Gasteiger partial charge in [-0.05, 0) is 20.8 Å². The molecule has 5 nitrogen and oxygen atoms in total. The van der Waals surface area contributed by atoms with Crippen LogP contribution in [0.2, 0.25) is 0 Å². The summed E-state index contributed by atoms with van der Waals surface area (Å²) in [5.74, 6) is -0.455. The molecule has 0 saturated heterocycles. The second-order valence-corrected chi connectivity index (χ2v) is 3.97. The smallest absolute Gasteiger partial charge is 0.387 e. The lowest BCUT2D eigenvalue weighted by atomic mass is 9.92. The number of carbonyl (C=O) groups excluding carboxylic acids is 1. The molecule has 0 amide bonds. The van der Waals surface area contributed by atoms with Crippen molar-refractivity contribution in [3.8, 4) is 5.75 Å². The highest BCUT2D eigenvalue weighted by molar-refractivity contribution is 5.80. The van der Waals surface area contributed by atoms with Crippen LogP contribution in [0.4, 0.5) is 8.78 Å². The second-order valence-electron chi connectivity index (χ2n) is 3.97. The van der Waals surface area contributed by atoms with Crippen LogP contribution in [-0.4, -0.2) is 29.2 Å². The van der Waals surface area contributed by atoms with Gasteiger partial charge in [-0.15, -0.1) is 0 Å². The van der Waals surface area contributed by atoms with Gasteiger partial charge >= 0.3 is 12.6 Å². The molecule has 1 aromatic heterocycles. The number of halogens is 2. The van der Waals surface area contributed by atoms with Gasteiger partial charge in [-0.2, -0.15) is 8.78 Å². The summed E-state index contributed by atoms with van der Waals surface area (Å²) < 4.78 is 32.9. The molecule has 100 valence electrons. The van der Waals surface area contributed by atoms with Crippen LogP contribution >= 0.6 is 0 Å². The first-order valence-electron chi connectivity index (χ1n) is 5.32. The third-order valence-corrected chi connectivity index (χ3v) is 2.20. The van der Waals surface area contributed by atoms with Gasteiger partial charge in [-0.1, -0.05) is 0 Å². The van der Waals surface area contributed by atoms with E-state index >= 15 is 0 Å². The standard InChI is InChI=1S/C11H14F2N2O3/c1-4-17-9(16)11(2,3)8-14-5-7(6-15-8)18-10(12)13/h5-6,10H,4H2,1-3H3. The molecule has 1 heterocycles. The molecule has 0 aromatic carbocycles. The van der Waals surface area contributed by atoms with Gasteiger partial charge in [0.1, 0.15) is 11.2 Å². The monoisotopic (exact) mass is 260 g/mol. The van der Waals surface area contributed by atoms with Gasteiger partial charge in [0, 0.05) is 0 Å². The van der Waals surface area contributed by atoms with Crippen LogP contribution in [-0.2, 0) is 14.9 Å². The first kappa shape index (κ1) is 14.3. The average molecular weight is 260 g/mol. The van der Waals surface area contributed by atoms with E-state index in [-0.39, 0.29) is 18.2 Å². The van der Waals surface area contributed by atoms with Crippen LogP contribution in [0.25, 0.3) is 0 Å². The van der Waals surface area contributed by atoms with Crippen LogP contribution in [0, 0.1) is 0 Å². The van der Waals surface area contributed by atoms with Gasteiger partial charge in [0.25, 0.3) is 0 Å². The van der Waals surface area contributed by atoms with Gasteiger partial charge in [-0.3, -0.25) is 4.79 Å². The van der Waals surface area contributed by atoms with Crippen molar-refractivity contribution >= 4 is 5.97 Å². The second kappa shape index (κ2) is 5.70. The van der Waals surface area contributed by atoms with E-state index in [1.807, 2.05) is 0 Å². The Kier molecular flexibility index (Phi) is 4.52. The number of hydrogen-bond donors (Lipinski definition) is 0. The fraction of sp³-hybridized carbons (Fsp3) is 0.545. The highest BCUT2D eigenvalue weighted by atomic mass is 19.3. The molecule has 0 fully saturated rings. The summed E-state index contributed by atoms with van der Waals surface area (Å²) >= 11 is 0. The lowest BCUT2D eigenvalue weighted by Crippen LogP contribution is -2.33. The van der Waals surface area contributed by atoms with E-state index in [9.17, 15) is 13.6 Å². The van der Waals surface area contributed by atoms with Crippen molar-refractivity contribution in [2.45, 2.75) is 32.8 Å². The van der Waals surface area contributed by atoms with Gasteiger partial charge in [0.2, 0.25) is 0 Å². The molecular weight excluding hydrogens is 246 g/mol. The Balaban J connectivity index is 2.86. The lowest BCUT2D eigenvalue weighted by Gasteiger charge is -2.20. The number of ether oxygens (including phenoxy) is 2. The zero-order valence-electron chi connectivity index (χ0n) is 10.3. The Morgan fingerprint density at radius 3 is 2.39 bits per heavy atom. The SMILES string of the molecule is CCOC(=O)C(C)(C)c1ncc(OC(F)F)cn1. The summed E-state index contributed by atoms with van der Waals surface area (Å²) in [7, 11) is 0. The normalized spacial score (nSPS) is 11.4. The molecule has 0 spiro atoms. The first-order chi connectivity index (χ1) is 8.37. The molecule has 0 saturated carbocycles. The maximum atomic E-state index is 11.9. The molecular formula is C11H14F2N2O3. The first-order valence-corrected chi connectivity index (χ1v) is 5.32. The summed E-state index contributed by atoms with van der Waals surface area (Å²) in [6.45, 7) is 2.18. The Morgan fingerprint density at radius 1 is 1.39 bits per heavy atom. The molecule has 0 aliphatic carbocycles. The summed E-state index contributed by atoms with van der Waals surface area (Å²) in [5, 5.41) is 0. The van der Waals surface area contributed by atoms with Gasteiger partial charge in [-0.25, -0.2) is 9.97 Å². The predicted octanol–water partition coefficient (Wildman–Crippen LogP) is 1.92. The van der Waals surface area contributed by atoms with E-state index in [4.69, 9.17) is 4.74 Å². The van der Waals surface area contributed by atoms with Crippen molar-refractivity contribution in [1.82, 2.24) is 9.97 Å². The molecule has 7 heteroatoms. The average Bonchev–Trinajstić information content (AvgIpc) is 2.29. The van der Waals surface area contributed by atoms with Gasteiger partial charge in [0.05, 0.1) is 19.0 Å². The number of alkyl halides is 2. The third kappa shape index (κ3) is 3.35. The molecule has 0 aliphatic heterocycles. The highest BCUT2D eigenvalue weighted by Gasteiger charge is 2.34. The van der Waals surface area contributed by atoms with E-state index in [0.717, 1.165) is 12.4 Å². The lowest BCUT2D eigenvalue weighted by molar-refractivity contribution is -0.149. The maximum absolute atomic E-state index is 11.9. The Morgan fingerprint density at radius 2 is 1.94 bits per heavy atom. The zero-order valence-corrected chi connectivity index (χ0v) is 10.3. The molecule has 0 bridgehead atoms. The van der Waals surface area contributed by atoms with Crippen molar-refractivity contribution in [2.75, 3.05) is 6.61 Å². The van der Waals surface area contributed by atoms with Crippen LogP contribution in [0.5, 0.6) is 5.75 Å². The molecule has 0 aliphatic rings. The minimum atomic E-state index is -2.93. The number of rotatable bonds is 5. The number of esters is 1. The number of aromatic nitrogens is 2. The fourth-order valence-corrected chi connectivity index (χ4v) is 1.21. The third-order valence-electron chi connectivity index (χ3n) is 2.20. The summed E-state index contributed by atoms with van der Waals surface area (Å²) in [6.07, 6.45) is 2.19. The molecule has 1 rings (SSSR count). The Hall–Kier alpha value is -1.79. The summed E-state index contributed by atoms with van der Waals surface area (Å²) in [6, 6.07) is 0. The van der Waals surface area contributed by atoms with Crippen molar-refractivity contribution in [1.29, 1.82) is 0 Å². The van der Waals surface area contributed by atoms with E-state index in [1.54, 1.807) is 20.8 Å². The van der Waals surface area contributed by atoms with E-state index in [1.165, 1.54) is 0 Å². The summed E-state index contributed by atoms with van der Waals surface area (Å²) in [5.41, 5.74) is -1.04. The quantitative estimate of drug-likeness (QED) is 0.757. The number of carbonyl (C=O) groups is 1. The summed E-state index contributed by atoms with van der Waals surface area (Å²) in [4.78, 5) is 19.3. The largest absolute Gasteiger partial charge is 0.465 e. The topological polar surface area (TPSA) is 61.3 Å². The van der Waals surface area contributed by atoms with Crippen LogP contribution in [0.3, 0.4) is 0 Å². The van der Waals surface area contributed by atoms with Crippen LogP contribution < -0.4 is 4.74 Å². The minimum absolute atomic E-state index is 0.159. The Labute approximate surface area is 103 Å². The number of nitrogens with zero attached hydrogens (tertiary/aromatic N) is 2. The molecule has 0 atom stereocenters. The fourth-order valence-electron chi connectivity index (χ4n) is 1.21. The van der Waals surface area contributed by atoms with Gasteiger partial charge in [0.15, 0.2) is 5.75 Å². The number of hydrogen-bond acceptors (Lipinski definition) is 5. The molecule has 1 aromatic rings. The van der Waals surface area contributed by atoms with Crippen LogP contribution in [0.1, 0.15) is 26.6 Å². The highest BCUT2D eigenvalue weighted by Crippen LogP contribution is 2.22. The Bertz CT molecular complexity index is 407. The van der Waals surface area contributed by atoms with Crippen molar-refractivity contribution in [3.63, 3.8) is 0 Å². The minimum Gasteiger partial charge on any atom is -0.465 e.